The van der Waals surface area contributed by atoms with Crippen molar-refractivity contribution >= 4 is 27.5 Å². The number of carbonyl (C=O) groups is 2. The standard InChI is InChI=1S/C23H35N3O4S/c1-23(2,3)31(29,30)25-15-9-5-8-14-24-17-12-13-19-20(16-17)22(28)26(21(19)27)18-10-6-4-7-11-18/h12-13,16,18,24-25H,4-11,14-15H2,1-3H3. The molecular weight excluding hydrogens is 414 g/mol. The van der Waals surface area contributed by atoms with Gasteiger partial charge in [0.25, 0.3) is 11.8 Å². The third kappa shape index (κ3) is 5.47. The molecule has 1 aliphatic heterocycles. The number of nitrogens with zero attached hydrogens (tertiary/aromatic N) is 1. The molecule has 8 heteroatoms. The van der Waals surface area contributed by atoms with E-state index in [1.54, 1.807) is 32.9 Å². The molecule has 1 aromatic carbocycles. The second-order valence-electron chi connectivity index (χ2n) is 9.53. The molecule has 2 N–H and O–H groups in total. The molecule has 0 unspecified atom stereocenters. The van der Waals surface area contributed by atoms with Crippen LogP contribution in [0.25, 0.3) is 0 Å². The average Bonchev–Trinajstić information content (AvgIpc) is 2.97. The molecule has 0 radical (unpaired) electrons. The zero-order valence-corrected chi connectivity index (χ0v) is 19.7. The normalized spacial score (nSPS) is 17.8. The van der Waals surface area contributed by atoms with Crippen LogP contribution >= 0.6 is 0 Å². The van der Waals surface area contributed by atoms with Crippen LogP contribution in [0.15, 0.2) is 18.2 Å². The Labute approximate surface area is 186 Å². The summed E-state index contributed by atoms with van der Waals surface area (Å²) in [5.41, 5.74) is 1.84. The van der Waals surface area contributed by atoms with Crippen molar-refractivity contribution in [1.82, 2.24) is 9.62 Å². The summed E-state index contributed by atoms with van der Waals surface area (Å²) in [6, 6.07) is 5.43. The van der Waals surface area contributed by atoms with Gasteiger partial charge in [0, 0.05) is 24.8 Å². The molecular formula is C23H35N3O4S. The fraction of sp³-hybridized carbons (Fsp3) is 0.652. The van der Waals surface area contributed by atoms with Crippen molar-refractivity contribution in [3.05, 3.63) is 29.3 Å². The molecule has 0 aromatic heterocycles. The summed E-state index contributed by atoms with van der Waals surface area (Å²) in [6.45, 7) is 6.21. The minimum Gasteiger partial charge on any atom is -0.385 e. The average molecular weight is 450 g/mol. The van der Waals surface area contributed by atoms with Gasteiger partial charge in [-0.2, -0.15) is 0 Å². The number of hydrogen-bond acceptors (Lipinski definition) is 5. The molecule has 1 aliphatic carbocycles. The van der Waals surface area contributed by atoms with Gasteiger partial charge in [-0.15, -0.1) is 0 Å². The summed E-state index contributed by atoms with van der Waals surface area (Å²) in [4.78, 5) is 27.1. The fourth-order valence-corrected chi connectivity index (χ4v) is 4.97. The first-order valence-electron chi connectivity index (χ1n) is 11.4. The molecule has 0 bridgehead atoms. The SMILES string of the molecule is CC(C)(C)S(=O)(=O)NCCCCCNc1ccc2c(c1)C(=O)N(C1CCCCC1)C2=O. The van der Waals surface area contributed by atoms with Crippen LogP contribution in [0.4, 0.5) is 5.69 Å². The van der Waals surface area contributed by atoms with Crippen LogP contribution < -0.4 is 10.0 Å². The first-order chi connectivity index (χ1) is 14.6. The molecule has 7 nitrogen and oxygen atoms in total. The van der Waals surface area contributed by atoms with Crippen molar-refractivity contribution in [2.75, 3.05) is 18.4 Å². The zero-order chi connectivity index (χ0) is 22.6. The van der Waals surface area contributed by atoms with Crippen molar-refractivity contribution in [3.63, 3.8) is 0 Å². The highest BCUT2D eigenvalue weighted by Crippen LogP contribution is 2.32. The van der Waals surface area contributed by atoms with E-state index in [1.807, 2.05) is 6.07 Å². The third-order valence-electron chi connectivity index (χ3n) is 6.14. The number of nitrogens with one attached hydrogen (secondary N) is 2. The smallest absolute Gasteiger partial charge is 0.261 e. The lowest BCUT2D eigenvalue weighted by molar-refractivity contribution is 0.0549. The first kappa shape index (κ1) is 23.7. The number of imide groups is 1. The number of anilines is 1. The number of sulfonamides is 1. The Kier molecular flexibility index (Phi) is 7.42. The highest BCUT2D eigenvalue weighted by molar-refractivity contribution is 7.90. The van der Waals surface area contributed by atoms with Crippen molar-refractivity contribution in [2.24, 2.45) is 0 Å². The highest BCUT2D eigenvalue weighted by atomic mass is 32.2. The van der Waals surface area contributed by atoms with Gasteiger partial charge in [0.15, 0.2) is 0 Å². The van der Waals surface area contributed by atoms with Crippen molar-refractivity contribution in [2.45, 2.75) is 82.9 Å². The Bertz CT molecular complexity index is 915. The van der Waals surface area contributed by atoms with Gasteiger partial charge >= 0.3 is 0 Å². The Morgan fingerprint density at radius 3 is 2.26 bits per heavy atom. The number of benzene rings is 1. The van der Waals surface area contributed by atoms with E-state index in [0.717, 1.165) is 57.2 Å². The third-order valence-corrected chi connectivity index (χ3v) is 8.34. The minimum atomic E-state index is -3.29. The summed E-state index contributed by atoms with van der Waals surface area (Å²) in [6.07, 6.45) is 7.67. The van der Waals surface area contributed by atoms with Crippen LogP contribution in [0.5, 0.6) is 0 Å². The maximum atomic E-state index is 12.9. The topological polar surface area (TPSA) is 95.6 Å². The van der Waals surface area contributed by atoms with E-state index in [1.165, 1.54) is 11.3 Å². The summed E-state index contributed by atoms with van der Waals surface area (Å²) >= 11 is 0. The number of fused-ring (bicyclic) bond motifs is 1. The zero-order valence-electron chi connectivity index (χ0n) is 18.9. The molecule has 31 heavy (non-hydrogen) atoms. The molecule has 172 valence electrons. The largest absolute Gasteiger partial charge is 0.385 e. The van der Waals surface area contributed by atoms with Crippen LogP contribution in [-0.2, 0) is 10.0 Å². The molecule has 2 aliphatic rings. The number of carbonyl (C=O) groups excluding carboxylic acids is 2. The van der Waals surface area contributed by atoms with Gasteiger partial charge in [-0.25, -0.2) is 13.1 Å². The van der Waals surface area contributed by atoms with E-state index in [4.69, 9.17) is 0 Å². The van der Waals surface area contributed by atoms with Crippen LogP contribution in [0.1, 0.15) is 92.9 Å². The number of unbranched alkanes of at least 4 members (excludes halogenated alkanes) is 2. The van der Waals surface area contributed by atoms with Crippen LogP contribution in [0.3, 0.4) is 0 Å². The van der Waals surface area contributed by atoms with Crippen LogP contribution in [0.2, 0.25) is 0 Å². The lowest BCUT2D eigenvalue weighted by atomic mass is 9.94. The van der Waals surface area contributed by atoms with Crippen LogP contribution in [-0.4, -0.2) is 49.0 Å². The Morgan fingerprint density at radius 2 is 1.58 bits per heavy atom. The molecule has 1 heterocycles. The van der Waals surface area contributed by atoms with Gasteiger partial charge in [0.05, 0.1) is 15.9 Å². The van der Waals surface area contributed by atoms with Crippen molar-refractivity contribution < 1.29 is 18.0 Å². The maximum Gasteiger partial charge on any atom is 0.261 e. The van der Waals surface area contributed by atoms with E-state index >= 15 is 0 Å². The second-order valence-corrected chi connectivity index (χ2v) is 12.1. The minimum absolute atomic E-state index is 0.0354. The van der Waals surface area contributed by atoms with E-state index in [9.17, 15) is 18.0 Å². The van der Waals surface area contributed by atoms with Gasteiger partial charge in [-0.3, -0.25) is 14.5 Å². The Morgan fingerprint density at radius 1 is 0.935 bits per heavy atom. The Balaban J connectivity index is 1.45. The molecule has 0 atom stereocenters. The number of amides is 2. The maximum absolute atomic E-state index is 12.9. The number of hydrogen-bond donors (Lipinski definition) is 2. The van der Waals surface area contributed by atoms with E-state index in [2.05, 4.69) is 10.0 Å². The van der Waals surface area contributed by atoms with E-state index in [0.29, 0.717) is 17.7 Å². The summed E-state index contributed by atoms with van der Waals surface area (Å²) in [5.74, 6) is -0.321. The van der Waals surface area contributed by atoms with Gasteiger partial charge in [0.1, 0.15) is 0 Å². The predicted molar refractivity (Wildman–Crippen MR) is 123 cm³/mol. The molecule has 1 aromatic rings. The lowest BCUT2D eigenvalue weighted by Crippen LogP contribution is -2.40. The summed E-state index contributed by atoms with van der Waals surface area (Å²) < 4.78 is 25.9. The Hall–Kier alpha value is -1.93. The number of rotatable bonds is 9. The fourth-order valence-electron chi connectivity index (χ4n) is 4.12. The van der Waals surface area contributed by atoms with E-state index < -0.39 is 14.8 Å². The van der Waals surface area contributed by atoms with Gasteiger partial charge in [-0.05, 0) is 64.7 Å². The molecule has 0 saturated heterocycles. The predicted octanol–water partition coefficient (Wildman–Crippen LogP) is 3.92. The van der Waals surface area contributed by atoms with Crippen LogP contribution in [0, 0.1) is 0 Å². The van der Waals surface area contributed by atoms with Gasteiger partial charge in [-0.1, -0.05) is 25.7 Å². The van der Waals surface area contributed by atoms with E-state index in [-0.39, 0.29) is 17.9 Å². The molecule has 1 fully saturated rings. The lowest BCUT2D eigenvalue weighted by Gasteiger charge is -2.29. The highest BCUT2D eigenvalue weighted by Gasteiger charge is 2.40. The second kappa shape index (κ2) is 9.69. The molecule has 1 saturated carbocycles. The summed E-state index contributed by atoms with van der Waals surface area (Å²) in [5, 5.41) is 3.31. The molecule has 0 spiro atoms. The molecule has 2 amide bonds. The quantitative estimate of drug-likeness (QED) is 0.440. The van der Waals surface area contributed by atoms with Crippen molar-refractivity contribution in [3.8, 4) is 0 Å². The summed E-state index contributed by atoms with van der Waals surface area (Å²) in [7, 11) is -3.29. The molecule has 3 rings (SSSR count). The van der Waals surface area contributed by atoms with Gasteiger partial charge < -0.3 is 5.32 Å². The van der Waals surface area contributed by atoms with Gasteiger partial charge in [0.2, 0.25) is 10.0 Å². The first-order valence-corrected chi connectivity index (χ1v) is 12.9. The monoisotopic (exact) mass is 449 g/mol. The van der Waals surface area contributed by atoms with Crippen molar-refractivity contribution in [1.29, 1.82) is 0 Å².